The van der Waals surface area contributed by atoms with E-state index in [0.717, 1.165) is 11.3 Å². The first-order valence-electron chi connectivity index (χ1n) is 5.41. The highest BCUT2D eigenvalue weighted by Gasteiger charge is 2.11. The Bertz CT molecular complexity index is 598. The zero-order chi connectivity index (χ0) is 13.1. The van der Waals surface area contributed by atoms with E-state index in [1.165, 1.54) is 0 Å². The van der Waals surface area contributed by atoms with Gasteiger partial charge in [-0.2, -0.15) is 0 Å². The van der Waals surface area contributed by atoms with Gasteiger partial charge in [0.1, 0.15) is 16.5 Å². The Balaban J connectivity index is 2.40. The van der Waals surface area contributed by atoms with Gasteiger partial charge in [0.05, 0.1) is 10.6 Å². The predicted molar refractivity (Wildman–Crippen MR) is 78.6 cm³/mol. The molecule has 4 heteroatoms. The molecule has 2 aromatic carbocycles. The smallest absolute Gasteiger partial charge is 0.139 e. The zero-order valence-electron chi connectivity index (χ0n) is 9.81. The molecule has 0 aliphatic rings. The SMILES string of the molecule is Cc1cccc(Oc2cccc(Cl)c2C(N)=S)c1. The average Bonchev–Trinajstić information content (AvgIpc) is 2.28. The van der Waals surface area contributed by atoms with Crippen molar-refractivity contribution in [2.75, 3.05) is 0 Å². The molecule has 0 bridgehead atoms. The fraction of sp³-hybridized carbons (Fsp3) is 0.0714. The number of aryl methyl sites for hydroxylation is 1. The first kappa shape index (κ1) is 12.9. The Labute approximate surface area is 116 Å². The van der Waals surface area contributed by atoms with Gasteiger partial charge in [-0.3, -0.25) is 0 Å². The molecule has 2 nitrogen and oxygen atoms in total. The summed E-state index contributed by atoms with van der Waals surface area (Å²) in [5.41, 5.74) is 7.35. The van der Waals surface area contributed by atoms with Crippen molar-refractivity contribution in [3.05, 3.63) is 58.6 Å². The van der Waals surface area contributed by atoms with Gasteiger partial charge >= 0.3 is 0 Å². The average molecular weight is 278 g/mol. The van der Waals surface area contributed by atoms with E-state index >= 15 is 0 Å². The minimum atomic E-state index is 0.225. The Kier molecular flexibility index (Phi) is 3.84. The normalized spacial score (nSPS) is 10.1. The molecule has 2 N–H and O–H groups in total. The number of halogens is 1. The first-order chi connectivity index (χ1) is 8.58. The van der Waals surface area contributed by atoms with E-state index in [1.54, 1.807) is 18.2 Å². The van der Waals surface area contributed by atoms with E-state index in [0.29, 0.717) is 16.3 Å². The Morgan fingerprint density at radius 3 is 2.61 bits per heavy atom. The summed E-state index contributed by atoms with van der Waals surface area (Å²) in [5.74, 6) is 1.30. The number of nitrogens with two attached hydrogens (primary N) is 1. The monoisotopic (exact) mass is 277 g/mol. The van der Waals surface area contributed by atoms with Crippen molar-refractivity contribution in [1.29, 1.82) is 0 Å². The lowest BCUT2D eigenvalue weighted by molar-refractivity contribution is 0.481. The number of ether oxygens (including phenoxy) is 1. The van der Waals surface area contributed by atoms with Crippen molar-refractivity contribution < 1.29 is 4.74 Å². The minimum absolute atomic E-state index is 0.225. The van der Waals surface area contributed by atoms with Gasteiger partial charge in [0.2, 0.25) is 0 Å². The van der Waals surface area contributed by atoms with Crippen LogP contribution in [-0.2, 0) is 0 Å². The number of benzene rings is 2. The van der Waals surface area contributed by atoms with Crippen molar-refractivity contribution in [3.8, 4) is 11.5 Å². The molecular weight excluding hydrogens is 266 g/mol. The number of thiocarbonyl (C=S) groups is 1. The van der Waals surface area contributed by atoms with Crippen molar-refractivity contribution in [1.82, 2.24) is 0 Å². The third-order valence-corrected chi connectivity index (χ3v) is 2.96. The fourth-order valence-corrected chi connectivity index (χ4v) is 2.17. The molecule has 2 aromatic rings. The highest BCUT2D eigenvalue weighted by Crippen LogP contribution is 2.30. The molecule has 0 radical (unpaired) electrons. The van der Waals surface area contributed by atoms with Crippen LogP contribution in [0, 0.1) is 6.92 Å². The topological polar surface area (TPSA) is 35.2 Å². The van der Waals surface area contributed by atoms with Crippen LogP contribution in [0.3, 0.4) is 0 Å². The molecule has 0 heterocycles. The highest BCUT2D eigenvalue weighted by atomic mass is 35.5. The van der Waals surface area contributed by atoms with E-state index in [1.807, 2.05) is 31.2 Å². The molecule has 2 rings (SSSR count). The quantitative estimate of drug-likeness (QED) is 0.859. The molecule has 0 amide bonds. The lowest BCUT2D eigenvalue weighted by atomic mass is 10.2. The van der Waals surface area contributed by atoms with Gasteiger partial charge in [-0.05, 0) is 36.8 Å². The fourth-order valence-electron chi connectivity index (χ4n) is 1.63. The van der Waals surface area contributed by atoms with Crippen LogP contribution >= 0.6 is 23.8 Å². The molecule has 0 fully saturated rings. The first-order valence-corrected chi connectivity index (χ1v) is 6.19. The lowest BCUT2D eigenvalue weighted by Gasteiger charge is -2.11. The summed E-state index contributed by atoms with van der Waals surface area (Å²) >= 11 is 11.1. The predicted octanol–water partition coefficient (Wildman–Crippen LogP) is 4.07. The lowest BCUT2D eigenvalue weighted by Crippen LogP contribution is -2.11. The summed E-state index contributed by atoms with van der Waals surface area (Å²) in [7, 11) is 0. The third-order valence-electron chi connectivity index (χ3n) is 2.44. The number of rotatable bonds is 3. The van der Waals surface area contributed by atoms with E-state index in [9.17, 15) is 0 Å². The molecule has 0 aromatic heterocycles. The molecule has 92 valence electrons. The molecular formula is C14H12ClNOS. The largest absolute Gasteiger partial charge is 0.457 e. The van der Waals surface area contributed by atoms with E-state index in [4.69, 9.17) is 34.3 Å². The van der Waals surface area contributed by atoms with Gasteiger partial charge in [0, 0.05) is 0 Å². The Hall–Kier alpha value is -1.58. The van der Waals surface area contributed by atoms with Crippen LogP contribution < -0.4 is 10.5 Å². The molecule has 0 atom stereocenters. The Morgan fingerprint density at radius 1 is 1.22 bits per heavy atom. The van der Waals surface area contributed by atoms with Crippen LogP contribution in [0.4, 0.5) is 0 Å². The van der Waals surface area contributed by atoms with Crippen molar-refractivity contribution in [3.63, 3.8) is 0 Å². The molecule has 18 heavy (non-hydrogen) atoms. The summed E-state index contributed by atoms with van der Waals surface area (Å²) < 4.78 is 5.78. The standard InChI is InChI=1S/C14H12ClNOS/c1-9-4-2-5-10(8-9)17-12-7-3-6-11(15)13(12)14(16)18/h2-8H,1H3,(H2,16,18). The van der Waals surface area contributed by atoms with Crippen molar-refractivity contribution in [2.45, 2.75) is 6.92 Å². The van der Waals surface area contributed by atoms with Gasteiger partial charge in [0.15, 0.2) is 0 Å². The maximum Gasteiger partial charge on any atom is 0.139 e. The van der Waals surface area contributed by atoms with Crippen LogP contribution in [0.15, 0.2) is 42.5 Å². The maximum absolute atomic E-state index is 6.07. The van der Waals surface area contributed by atoms with Crippen LogP contribution in [0.25, 0.3) is 0 Å². The van der Waals surface area contributed by atoms with Gasteiger partial charge in [0.25, 0.3) is 0 Å². The summed E-state index contributed by atoms with van der Waals surface area (Å²) in [6.07, 6.45) is 0. The molecule has 0 unspecified atom stereocenters. The van der Waals surface area contributed by atoms with E-state index in [2.05, 4.69) is 0 Å². The number of hydrogen-bond acceptors (Lipinski definition) is 2. The van der Waals surface area contributed by atoms with Crippen molar-refractivity contribution >= 4 is 28.8 Å². The third kappa shape index (κ3) is 2.81. The van der Waals surface area contributed by atoms with Crippen LogP contribution in [0.1, 0.15) is 11.1 Å². The second kappa shape index (κ2) is 5.38. The second-order valence-corrected chi connectivity index (χ2v) is 4.74. The molecule has 0 aliphatic heterocycles. The van der Waals surface area contributed by atoms with Crippen LogP contribution in [0.2, 0.25) is 5.02 Å². The van der Waals surface area contributed by atoms with Gasteiger partial charge < -0.3 is 10.5 Å². The Morgan fingerprint density at radius 2 is 1.94 bits per heavy atom. The van der Waals surface area contributed by atoms with Crippen LogP contribution in [-0.4, -0.2) is 4.99 Å². The maximum atomic E-state index is 6.07. The number of hydrogen-bond donors (Lipinski definition) is 1. The summed E-state index contributed by atoms with van der Waals surface area (Å²) in [6.45, 7) is 2.00. The second-order valence-electron chi connectivity index (χ2n) is 3.90. The van der Waals surface area contributed by atoms with Gasteiger partial charge in [-0.1, -0.05) is 42.0 Å². The summed E-state index contributed by atoms with van der Waals surface area (Å²) in [6, 6.07) is 13.1. The molecule has 0 aliphatic carbocycles. The highest BCUT2D eigenvalue weighted by molar-refractivity contribution is 7.80. The zero-order valence-corrected chi connectivity index (χ0v) is 11.4. The minimum Gasteiger partial charge on any atom is -0.457 e. The molecule has 0 saturated heterocycles. The molecule has 0 spiro atoms. The van der Waals surface area contributed by atoms with E-state index < -0.39 is 0 Å². The summed E-state index contributed by atoms with van der Waals surface area (Å²) in [4.78, 5) is 0.225. The van der Waals surface area contributed by atoms with Crippen molar-refractivity contribution in [2.24, 2.45) is 5.73 Å². The molecule has 0 saturated carbocycles. The summed E-state index contributed by atoms with van der Waals surface area (Å²) in [5, 5.41) is 0.493. The van der Waals surface area contributed by atoms with E-state index in [-0.39, 0.29) is 4.99 Å². The van der Waals surface area contributed by atoms with Crippen LogP contribution in [0.5, 0.6) is 11.5 Å². The van der Waals surface area contributed by atoms with Gasteiger partial charge in [-0.15, -0.1) is 0 Å². The van der Waals surface area contributed by atoms with Gasteiger partial charge in [-0.25, -0.2) is 0 Å².